The topological polar surface area (TPSA) is 91.1 Å². The van der Waals surface area contributed by atoms with Gasteiger partial charge in [-0.3, -0.25) is 14.6 Å². The monoisotopic (exact) mass is 448 g/mol. The van der Waals surface area contributed by atoms with Crippen molar-refractivity contribution in [2.45, 2.75) is 25.5 Å². The highest BCUT2D eigenvalue weighted by atomic mass is 35.5. The van der Waals surface area contributed by atoms with Crippen LogP contribution >= 0.6 is 11.6 Å². The fourth-order valence-corrected chi connectivity index (χ4v) is 3.66. The molecule has 1 saturated heterocycles. The molecule has 1 saturated carbocycles. The third kappa shape index (κ3) is 6.93. The summed E-state index contributed by atoms with van der Waals surface area (Å²) in [6, 6.07) is 7.11. The average Bonchev–Trinajstić information content (AvgIpc) is 3.49. The molecule has 0 spiro atoms. The number of halogens is 1. The number of carbonyl (C=O) groups excluding carboxylic acids is 1. The Morgan fingerprint density at radius 3 is 2.65 bits per heavy atom. The number of hydrogen-bond donors (Lipinski definition) is 2. The van der Waals surface area contributed by atoms with Gasteiger partial charge in [-0.25, -0.2) is 4.98 Å². The molecule has 0 radical (unpaired) electrons. The summed E-state index contributed by atoms with van der Waals surface area (Å²) in [6.45, 7) is 5.47. The molecule has 1 aliphatic heterocycles. The molecule has 2 aromatic rings. The number of aliphatic hydroxyl groups is 1. The van der Waals surface area contributed by atoms with Crippen molar-refractivity contribution in [2.24, 2.45) is 5.92 Å². The lowest BCUT2D eigenvalue weighted by molar-refractivity contribution is 0.0430. The SMILES string of the molecule is O=C(NCC1CC1)c1coc(CN2CCN(CC(O)COc3ccc(Cl)cc3)CC2)n1. The van der Waals surface area contributed by atoms with E-state index in [1.54, 1.807) is 24.3 Å². The number of aromatic nitrogens is 1. The number of piperazine rings is 1. The number of amides is 1. The van der Waals surface area contributed by atoms with Crippen LogP contribution in [0.2, 0.25) is 5.02 Å². The van der Waals surface area contributed by atoms with E-state index in [0.29, 0.717) is 41.4 Å². The molecular weight excluding hydrogens is 420 g/mol. The first-order valence-corrected chi connectivity index (χ1v) is 11.2. The van der Waals surface area contributed by atoms with Gasteiger partial charge in [-0.15, -0.1) is 0 Å². The van der Waals surface area contributed by atoms with Crippen molar-refractivity contribution in [1.29, 1.82) is 0 Å². The molecular formula is C22H29ClN4O4. The minimum Gasteiger partial charge on any atom is -0.491 e. The first kappa shape index (κ1) is 22.1. The van der Waals surface area contributed by atoms with Gasteiger partial charge in [0.2, 0.25) is 5.89 Å². The van der Waals surface area contributed by atoms with Gasteiger partial charge in [0.1, 0.15) is 24.7 Å². The van der Waals surface area contributed by atoms with Crippen LogP contribution in [0.15, 0.2) is 34.9 Å². The molecule has 8 nitrogen and oxygen atoms in total. The van der Waals surface area contributed by atoms with Crippen molar-refractivity contribution in [2.75, 3.05) is 45.9 Å². The van der Waals surface area contributed by atoms with Gasteiger partial charge in [0.05, 0.1) is 6.54 Å². The highest BCUT2D eigenvalue weighted by molar-refractivity contribution is 6.30. The zero-order valence-electron chi connectivity index (χ0n) is 17.5. The molecule has 1 aromatic carbocycles. The number of nitrogens with zero attached hydrogens (tertiary/aromatic N) is 3. The molecule has 1 atom stereocenters. The van der Waals surface area contributed by atoms with E-state index in [0.717, 1.165) is 32.7 Å². The molecule has 9 heteroatoms. The van der Waals surface area contributed by atoms with Crippen molar-refractivity contribution in [1.82, 2.24) is 20.1 Å². The molecule has 0 bridgehead atoms. The lowest BCUT2D eigenvalue weighted by atomic mass is 10.2. The second-order valence-electron chi connectivity index (χ2n) is 8.28. The van der Waals surface area contributed by atoms with Crippen LogP contribution in [0.5, 0.6) is 5.75 Å². The summed E-state index contributed by atoms with van der Waals surface area (Å²) in [5.41, 5.74) is 0.345. The normalized spacial score (nSPS) is 18.6. The van der Waals surface area contributed by atoms with Crippen molar-refractivity contribution >= 4 is 17.5 Å². The molecule has 1 unspecified atom stereocenters. The predicted octanol–water partition coefficient (Wildman–Crippen LogP) is 2.03. The maximum absolute atomic E-state index is 12.1. The van der Waals surface area contributed by atoms with Gasteiger partial charge in [0.25, 0.3) is 5.91 Å². The maximum atomic E-state index is 12.1. The zero-order valence-corrected chi connectivity index (χ0v) is 18.3. The number of β-amino-alcohol motifs (C(OH)–C–C–N with tert-alkyl or cyclic N) is 1. The van der Waals surface area contributed by atoms with E-state index in [1.807, 2.05) is 0 Å². The Morgan fingerprint density at radius 2 is 1.94 bits per heavy atom. The molecule has 2 fully saturated rings. The minimum atomic E-state index is -0.564. The summed E-state index contributed by atoms with van der Waals surface area (Å²) in [7, 11) is 0. The van der Waals surface area contributed by atoms with Crippen LogP contribution in [0.1, 0.15) is 29.2 Å². The van der Waals surface area contributed by atoms with Crippen molar-refractivity contribution < 1.29 is 19.1 Å². The standard InChI is InChI=1S/C22H29ClN4O4/c23-17-3-5-19(6-4-17)30-14-18(28)12-26-7-9-27(10-8-26)13-21-25-20(15-31-21)22(29)24-11-16-1-2-16/h3-6,15-16,18,28H,1-2,7-14H2,(H,24,29). The van der Waals surface area contributed by atoms with E-state index in [4.69, 9.17) is 20.8 Å². The Kier molecular flexibility index (Phi) is 7.45. The molecule has 2 aliphatic rings. The number of carbonyl (C=O) groups is 1. The quantitative estimate of drug-likeness (QED) is 0.574. The van der Waals surface area contributed by atoms with Gasteiger partial charge >= 0.3 is 0 Å². The molecule has 1 amide bonds. The number of hydrogen-bond acceptors (Lipinski definition) is 7. The van der Waals surface area contributed by atoms with Crippen LogP contribution in [0.25, 0.3) is 0 Å². The minimum absolute atomic E-state index is 0.165. The van der Waals surface area contributed by atoms with Crippen LogP contribution in [0.4, 0.5) is 0 Å². The number of oxazole rings is 1. The van der Waals surface area contributed by atoms with Crippen LogP contribution in [-0.2, 0) is 6.54 Å². The fourth-order valence-electron chi connectivity index (χ4n) is 3.53. The smallest absolute Gasteiger partial charge is 0.273 e. The van der Waals surface area contributed by atoms with E-state index in [2.05, 4.69) is 20.1 Å². The van der Waals surface area contributed by atoms with Crippen LogP contribution in [0, 0.1) is 5.92 Å². The summed E-state index contributed by atoms with van der Waals surface area (Å²) in [4.78, 5) is 20.9. The third-order valence-corrected chi connectivity index (χ3v) is 5.83. The summed E-state index contributed by atoms with van der Waals surface area (Å²) in [5.74, 6) is 1.72. The van der Waals surface area contributed by atoms with Crippen molar-refractivity contribution in [3.8, 4) is 5.75 Å². The van der Waals surface area contributed by atoms with E-state index < -0.39 is 6.10 Å². The Morgan fingerprint density at radius 1 is 1.23 bits per heavy atom. The van der Waals surface area contributed by atoms with Gasteiger partial charge in [0.15, 0.2) is 5.69 Å². The molecule has 1 aromatic heterocycles. The van der Waals surface area contributed by atoms with Gasteiger partial charge in [0, 0.05) is 44.3 Å². The van der Waals surface area contributed by atoms with Crippen molar-refractivity contribution in [3.05, 3.63) is 47.1 Å². The number of rotatable bonds is 10. The Bertz CT molecular complexity index is 847. The fraction of sp³-hybridized carbons (Fsp3) is 0.545. The average molecular weight is 449 g/mol. The van der Waals surface area contributed by atoms with Crippen LogP contribution in [-0.4, -0.2) is 77.8 Å². The summed E-state index contributed by atoms with van der Waals surface area (Å²) >= 11 is 5.86. The second-order valence-corrected chi connectivity index (χ2v) is 8.71. The highest BCUT2D eigenvalue weighted by Crippen LogP contribution is 2.27. The van der Waals surface area contributed by atoms with Crippen LogP contribution in [0.3, 0.4) is 0 Å². The first-order valence-electron chi connectivity index (χ1n) is 10.8. The summed E-state index contributed by atoms with van der Waals surface area (Å²) < 4.78 is 11.1. The Labute approximate surface area is 187 Å². The second kappa shape index (κ2) is 10.5. The van der Waals surface area contributed by atoms with E-state index in [9.17, 15) is 9.90 Å². The van der Waals surface area contributed by atoms with Gasteiger partial charge in [-0.2, -0.15) is 0 Å². The highest BCUT2D eigenvalue weighted by Gasteiger charge is 2.24. The van der Waals surface area contributed by atoms with E-state index >= 15 is 0 Å². The number of aliphatic hydroxyl groups excluding tert-OH is 1. The third-order valence-electron chi connectivity index (χ3n) is 5.58. The number of benzene rings is 1. The molecule has 4 rings (SSSR count). The predicted molar refractivity (Wildman–Crippen MR) is 116 cm³/mol. The van der Waals surface area contributed by atoms with Gasteiger partial charge in [-0.1, -0.05) is 11.6 Å². The number of ether oxygens (including phenoxy) is 1. The largest absolute Gasteiger partial charge is 0.491 e. The molecule has 168 valence electrons. The number of nitrogens with one attached hydrogen (secondary N) is 1. The lowest BCUT2D eigenvalue weighted by Gasteiger charge is -2.34. The van der Waals surface area contributed by atoms with Crippen molar-refractivity contribution in [3.63, 3.8) is 0 Å². The lowest BCUT2D eigenvalue weighted by Crippen LogP contribution is -2.48. The zero-order chi connectivity index (χ0) is 21.6. The van der Waals surface area contributed by atoms with Gasteiger partial charge < -0.3 is 19.6 Å². The molecule has 2 heterocycles. The van der Waals surface area contributed by atoms with Gasteiger partial charge in [-0.05, 0) is 43.0 Å². The Balaban J connectivity index is 1.14. The first-order chi connectivity index (χ1) is 15.0. The van der Waals surface area contributed by atoms with Crippen LogP contribution < -0.4 is 10.1 Å². The molecule has 1 aliphatic carbocycles. The Hall–Kier alpha value is -2.13. The summed E-state index contributed by atoms with van der Waals surface area (Å²) in [6.07, 6.45) is 3.27. The molecule has 2 N–H and O–H groups in total. The maximum Gasteiger partial charge on any atom is 0.273 e. The summed E-state index contributed by atoms with van der Waals surface area (Å²) in [5, 5.41) is 13.8. The van der Waals surface area contributed by atoms with E-state index in [-0.39, 0.29) is 12.5 Å². The molecule has 31 heavy (non-hydrogen) atoms. The van der Waals surface area contributed by atoms with E-state index in [1.165, 1.54) is 19.1 Å².